The molecule has 0 aliphatic heterocycles. The number of carbonyl (C=O) groups is 2. The van der Waals surface area contributed by atoms with Gasteiger partial charge in [0.2, 0.25) is 5.91 Å². The Bertz CT molecular complexity index is 1010. The number of halogens is 1. The summed E-state index contributed by atoms with van der Waals surface area (Å²) in [6.45, 7) is 3.72. The van der Waals surface area contributed by atoms with E-state index in [2.05, 4.69) is 20.8 Å². The third-order valence-electron chi connectivity index (χ3n) is 3.98. The zero-order valence-corrected chi connectivity index (χ0v) is 16.3. The molecule has 1 aromatic carbocycles. The van der Waals surface area contributed by atoms with E-state index < -0.39 is 5.97 Å². The molecule has 0 radical (unpaired) electrons. The van der Waals surface area contributed by atoms with Crippen LogP contribution in [0.1, 0.15) is 28.0 Å². The topological polar surface area (TPSA) is 99.0 Å². The third-order valence-corrected chi connectivity index (χ3v) is 5.00. The Kier molecular flexibility index (Phi) is 5.78. The maximum atomic E-state index is 13.3. The van der Waals surface area contributed by atoms with Gasteiger partial charge in [-0.25, -0.2) is 13.9 Å². The first kappa shape index (κ1) is 19.6. The van der Waals surface area contributed by atoms with Crippen molar-refractivity contribution in [3.8, 4) is 11.1 Å². The normalized spacial score (nSPS) is 10.7. The number of amides is 1. The highest BCUT2D eigenvalue weighted by Gasteiger charge is 2.26. The first-order valence-corrected chi connectivity index (χ1v) is 9.29. The molecule has 2 heterocycles. The van der Waals surface area contributed by atoms with Gasteiger partial charge >= 0.3 is 5.97 Å². The van der Waals surface area contributed by atoms with Crippen LogP contribution in [0.5, 0.6) is 0 Å². The van der Waals surface area contributed by atoms with Crippen molar-refractivity contribution in [3.05, 3.63) is 46.3 Å². The average Bonchev–Trinajstić information content (AvgIpc) is 3.19. The van der Waals surface area contributed by atoms with Gasteiger partial charge in [0, 0.05) is 17.5 Å². The van der Waals surface area contributed by atoms with Crippen molar-refractivity contribution < 1.29 is 18.7 Å². The van der Waals surface area contributed by atoms with Gasteiger partial charge in [0.05, 0.1) is 13.0 Å². The lowest BCUT2D eigenvalue weighted by Crippen LogP contribution is -2.18. The highest BCUT2D eigenvalue weighted by molar-refractivity contribution is 7.17. The Labute approximate surface area is 164 Å². The Hall–Kier alpha value is -3.14. The number of anilines is 1. The highest BCUT2D eigenvalue weighted by Crippen LogP contribution is 2.40. The van der Waals surface area contributed by atoms with Crippen molar-refractivity contribution in [2.45, 2.75) is 20.3 Å². The molecule has 0 fully saturated rings. The molecular formula is C18H18FN5O3S. The summed E-state index contributed by atoms with van der Waals surface area (Å²) in [5.41, 5.74) is 1.52. The summed E-state index contributed by atoms with van der Waals surface area (Å²) >= 11 is 1.25. The number of ether oxygens (including phenoxy) is 1. The van der Waals surface area contributed by atoms with Crippen LogP contribution in [0.15, 0.2) is 24.3 Å². The van der Waals surface area contributed by atoms with Crippen molar-refractivity contribution in [2.24, 2.45) is 7.05 Å². The summed E-state index contributed by atoms with van der Waals surface area (Å²) in [5.74, 6) is -0.903. The largest absolute Gasteiger partial charge is 0.462 e. The molecule has 8 nitrogen and oxygen atoms in total. The van der Waals surface area contributed by atoms with Crippen LogP contribution in [0.4, 0.5) is 9.39 Å². The average molecular weight is 403 g/mol. The van der Waals surface area contributed by atoms with Crippen molar-refractivity contribution in [2.75, 3.05) is 11.9 Å². The molecule has 146 valence electrons. The number of aromatic nitrogens is 4. The fourth-order valence-corrected chi connectivity index (χ4v) is 3.79. The monoisotopic (exact) mass is 403 g/mol. The number of carbonyl (C=O) groups excluding carboxylic acids is 2. The van der Waals surface area contributed by atoms with Gasteiger partial charge in [-0.05, 0) is 42.0 Å². The van der Waals surface area contributed by atoms with Gasteiger partial charge in [0.15, 0.2) is 5.82 Å². The van der Waals surface area contributed by atoms with Gasteiger partial charge in [0.1, 0.15) is 16.4 Å². The van der Waals surface area contributed by atoms with Crippen molar-refractivity contribution >= 4 is 28.2 Å². The van der Waals surface area contributed by atoms with E-state index in [0.717, 1.165) is 4.88 Å². The van der Waals surface area contributed by atoms with Crippen LogP contribution in [-0.4, -0.2) is 38.7 Å². The lowest BCUT2D eigenvalue weighted by Gasteiger charge is -2.09. The maximum Gasteiger partial charge on any atom is 0.341 e. The first-order valence-electron chi connectivity index (χ1n) is 8.48. The second kappa shape index (κ2) is 8.26. The molecule has 3 aromatic rings. The number of hydrogen-bond acceptors (Lipinski definition) is 7. The first-order chi connectivity index (χ1) is 13.4. The molecule has 0 unspecified atom stereocenters. The highest BCUT2D eigenvalue weighted by atomic mass is 32.1. The van der Waals surface area contributed by atoms with E-state index in [1.165, 1.54) is 28.2 Å². The molecular weight excluding hydrogens is 385 g/mol. The predicted octanol–water partition coefficient (Wildman–Crippen LogP) is 2.74. The molecule has 0 bridgehead atoms. The van der Waals surface area contributed by atoms with Crippen LogP contribution in [0.3, 0.4) is 0 Å². The van der Waals surface area contributed by atoms with Crippen LogP contribution in [0, 0.1) is 12.7 Å². The molecule has 0 spiro atoms. The van der Waals surface area contributed by atoms with Gasteiger partial charge in [-0.2, -0.15) is 0 Å². The van der Waals surface area contributed by atoms with Gasteiger partial charge in [-0.15, -0.1) is 16.4 Å². The fourth-order valence-electron chi connectivity index (χ4n) is 2.71. The van der Waals surface area contributed by atoms with E-state index in [1.54, 1.807) is 26.1 Å². The summed E-state index contributed by atoms with van der Waals surface area (Å²) in [7, 11) is 1.63. The van der Waals surface area contributed by atoms with Crippen LogP contribution in [-0.2, 0) is 23.0 Å². The molecule has 0 aliphatic carbocycles. The number of tetrazole rings is 1. The number of rotatable bonds is 6. The maximum absolute atomic E-state index is 13.3. The number of nitrogens with zero attached hydrogens (tertiary/aromatic N) is 4. The zero-order chi connectivity index (χ0) is 20.3. The summed E-state index contributed by atoms with van der Waals surface area (Å²) in [6, 6.07) is 5.81. The second-order valence-electron chi connectivity index (χ2n) is 5.91. The summed E-state index contributed by atoms with van der Waals surface area (Å²) < 4.78 is 19.9. The Morgan fingerprint density at radius 1 is 1.29 bits per heavy atom. The van der Waals surface area contributed by atoms with Crippen molar-refractivity contribution in [1.29, 1.82) is 0 Å². The summed E-state index contributed by atoms with van der Waals surface area (Å²) in [4.78, 5) is 25.9. The van der Waals surface area contributed by atoms with Gasteiger partial charge in [-0.1, -0.05) is 12.1 Å². The molecule has 28 heavy (non-hydrogen) atoms. The molecule has 0 aliphatic rings. The van der Waals surface area contributed by atoms with Crippen LogP contribution in [0.2, 0.25) is 0 Å². The minimum Gasteiger partial charge on any atom is -0.462 e. The van der Waals surface area contributed by atoms with Gasteiger partial charge in [0.25, 0.3) is 0 Å². The van der Waals surface area contributed by atoms with E-state index in [1.807, 2.05) is 6.92 Å². The Morgan fingerprint density at radius 3 is 2.61 bits per heavy atom. The number of benzene rings is 1. The van der Waals surface area contributed by atoms with Gasteiger partial charge < -0.3 is 10.1 Å². The van der Waals surface area contributed by atoms with Crippen LogP contribution in [0.25, 0.3) is 11.1 Å². The number of hydrogen-bond donors (Lipinski definition) is 1. The Balaban J connectivity index is 1.97. The van der Waals surface area contributed by atoms with Crippen LogP contribution >= 0.6 is 11.3 Å². The van der Waals surface area contributed by atoms with Crippen LogP contribution < -0.4 is 5.32 Å². The van der Waals surface area contributed by atoms with Gasteiger partial charge in [-0.3, -0.25) is 4.79 Å². The number of nitrogens with one attached hydrogen (secondary N) is 1. The number of thiophene rings is 1. The van der Waals surface area contributed by atoms with E-state index in [4.69, 9.17) is 4.74 Å². The van der Waals surface area contributed by atoms with E-state index in [9.17, 15) is 14.0 Å². The number of esters is 1. The minimum atomic E-state index is -0.554. The fraction of sp³-hybridized carbons (Fsp3) is 0.278. The Morgan fingerprint density at radius 2 is 2.00 bits per heavy atom. The summed E-state index contributed by atoms with van der Waals surface area (Å²) in [5, 5.41) is 14.1. The second-order valence-corrected chi connectivity index (χ2v) is 7.13. The predicted molar refractivity (Wildman–Crippen MR) is 102 cm³/mol. The smallest absolute Gasteiger partial charge is 0.341 e. The van der Waals surface area contributed by atoms with E-state index in [0.29, 0.717) is 22.0 Å². The lowest BCUT2D eigenvalue weighted by molar-refractivity contribution is -0.115. The summed E-state index contributed by atoms with van der Waals surface area (Å²) in [6.07, 6.45) is -0.0470. The molecule has 0 atom stereocenters. The standard InChI is InChI=1S/C18H18FN5O3S/c1-4-27-18(26)16-15(11-5-7-12(19)8-6-11)10(2)28-17(16)20-14(25)9-13-21-22-23-24(13)3/h5-8H,4,9H2,1-3H3,(H,20,25). The lowest BCUT2D eigenvalue weighted by atomic mass is 10.0. The van der Waals surface area contributed by atoms with E-state index in [-0.39, 0.29) is 30.3 Å². The molecule has 0 saturated heterocycles. The molecule has 10 heteroatoms. The van der Waals surface area contributed by atoms with Crippen molar-refractivity contribution in [3.63, 3.8) is 0 Å². The zero-order valence-electron chi connectivity index (χ0n) is 15.5. The molecule has 3 rings (SSSR count). The SMILES string of the molecule is CCOC(=O)c1c(NC(=O)Cc2nnnn2C)sc(C)c1-c1ccc(F)cc1. The van der Waals surface area contributed by atoms with Crippen molar-refractivity contribution in [1.82, 2.24) is 20.2 Å². The van der Waals surface area contributed by atoms with E-state index >= 15 is 0 Å². The number of aryl methyl sites for hydroxylation is 2. The molecule has 0 saturated carbocycles. The third kappa shape index (κ3) is 4.06. The molecule has 1 amide bonds. The minimum absolute atomic E-state index is 0.0470. The molecule has 1 N–H and O–H groups in total. The quantitative estimate of drug-likeness (QED) is 0.636. The molecule has 2 aromatic heterocycles.